The number of aromatic amines is 1. The minimum atomic E-state index is 0.0412. The fourth-order valence-electron chi connectivity index (χ4n) is 2.79. The van der Waals surface area contributed by atoms with Crippen LogP contribution in [-0.2, 0) is 6.42 Å². The first-order chi connectivity index (χ1) is 10.3. The van der Waals surface area contributed by atoms with Crippen molar-refractivity contribution in [1.29, 1.82) is 0 Å². The minimum Gasteiger partial charge on any atom is -0.469 e. The van der Waals surface area contributed by atoms with Crippen molar-refractivity contribution in [3.8, 4) is 0 Å². The Balaban J connectivity index is 1.46. The van der Waals surface area contributed by atoms with Gasteiger partial charge in [-0.15, -0.1) is 0 Å². The highest BCUT2D eigenvalue weighted by molar-refractivity contribution is 6.05. The molecule has 3 aromatic rings. The number of pyridine rings is 1. The van der Waals surface area contributed by atoms with Crippen LogP contribution < -0.4 is 0 Å². The second-order valence-corrected chi connectivity index (χ2v) is 5.35. The number of hydrogen-bond acceptors (Lipinski definition) is 4. The number of nitrogens with one attached hydrogen (secondary N) is 1. The molecule has 21 heavy (non-hydrogen) atoms. The van der Waals surface area contributed by atoms with E-state index in [1.54, 1.807) is 24.7 Å². The van der Waals surface area contributed by atoms with Crippen LogP contribution >= 0.6 is 0 Å². The highest BCUT2D eigenvalue weighted by Gasteiger charge is 2.32. The van der Waals surface area contributed by atoms with Gasteiger partial charge >= 0.3 is 0 Å². The van der Waals surface area contributed by atoms with E-state index >= 15 is 0 Å². The molecule has 1 aliphatic rings. The average Bonchev–Trinajstić information content (AvgIpc) is 3.11. The molecule has 0 atom stereocenters. The molecule has 1 N–H and O–H groups in total. The standard InChI is InChI=1S/C15H14N4O2/c20-15(12-3-4-16-14-13(12)7-17-18-14)19-8-10(9-19)6-11-2-1-5-21-11/h1-5,7,10H,6,8-9H2,(H,16,17,18). The molecule has 3 aromatic heterocycles. The van der Waals surface area contributed by atoms with Gasteiger partial charge in [0.15, 0.2) is 5.65 Å². The van der Waals surface area contributed by atoms with Gasteiger partial charge in [0.2, 0.25) is 0 Å². The van der Waals surface area contributed by atoms with Gasteiger partial charge < -0.3 is 9.32 Å². The highest BCUT2D eigenvalue weighted by atomic mass is 16.3. The molecule has 1 fully saturated rings. The van der Waals surface area contributed by atoms with Gasteiger partial charge in [0.1, 0.15) is 5.76 Å². The molecular formula is C15H14N4O2. The number of hydrogen-bond donors (Lipinski definition) is 1. The molecule has 6 nitrogen and oxygen atoms in total. The molecule has 1 saturated heterocycles. The third-order valence-electron chi connectivity index (χ3n) is 3.90. The van der Waals surface area contributed by atoms with Crippen LogP contribution in [0, 0.1) is 5.92 Å². The number of H-pyrrole nitrogens is 1. The monoisotopic (exact) mass is 282 g/mol. The molecule has 0 saturated carbocycles. The number of amides is 1. The van der Waals surface area contributed by atoms with E-state index in [4.69, 9.17) is 4.42 Å². The van der Waals surface area contributed by atoms with E-state index in [-0.39, 0.29) is 5.91 Å². The largest absolute Gasteiger partial charge is 0.469 e. The predicted molar refractivity (Wildman–Crippen MR) is 75.7 cm³/mol. The number of fused-ring (bicyclic) bond motifs is 1. The summed E-state index contributed by atoms with van der Waals surface area (Å²) in [6.45, 7) is 1.53. The molecule has 6 heteroatoms. The van der Waals surface area contributed by atoms with Crippen LogP contribution in [0.2, 0.25) is 0 Å². The molecule has 0 aromatic carbocycles. The molecular weight excluding hydrogens is 268 g/mol. The lowest BCUT2D eigenvalue weighted by Gasteiger charge is -2.39. The maximum absolute atomic E-state index is 12.5. The van der Waals surface area contributed by atoms with Gasteiger partial charge in [-0.05, 0) is 18.2 Å². The Hall–Kier alpha value is -2.63. The summed E-state index contributed by atoms with van der Waals surface area (Å²) < 4.78 is 5.34. The first kappa shape index (κ1) is 12.1. The number of carbonyl (C=O) groups excluding carboxylic acids is 1. The predicted octanol–water partition coefficient (Wildman–Crippen LogP) is 1.87. The summed E-state index contributed by atoms with van der Waals surface area (Å²) in [5.41, 5.74) is 1.30. The lowest BCUT2D eigenvalue weighted by atomic mass is 9.94. The maximum atomic E-state index is 12.5. The van der Waals surface area contributed by atoms with Gasteiger partial charge in [0.25, 0.3) is 5.91 Å². The zero-order valence-electron chi connectivity index (χ0n) is 11.3. The van der Waals surface area contributed by atoms with Crippen molar-refractivity contribution in [2.24, 2.45) is 5.92 Å². The van der Waals surface area contributed by atoms with Crippen LogP contribution in [0.3, 0.4) is 0 Å². The highest BCUT2D eigenvalue weighted by Crippen LogP contribution is 2.24. The van der Waals surface area contributed by atoms with Crippen LogP contribution in [0.25, 0.3) is 11.0 Å². The summed E-state index contributed by atoms with van der Waals surface area (Å²) in [6.07, 6.45) is 5.85. The third kappa shape index (κ3) is 2.08. The summed E-state index contributed by atoms with van der Waals surface area (Å²) >= 11 is 0. The van der Waals surface area contributed by atoms with Crippen LogP contribution in [0.15, 0.2) is 41.3 Å². The van der Waals surface area contributed by atoms with Gasteiger partial charge in [0, 0.05) is 31.6 Å². The zero-order valence-corrected chi connectivity index (χ0v) is 11.3. The quantitative estimate of drug-likeness (QED) is 0.795. The first-order valence-corrected chi connectivity index (χ1v) is 6.91. The van der Waals surface area contributed by atoms with E-state index in [0.717, 1.165) is 30.7 Å². The van der Waals surface area contributed by atoms with Crippen molar-refractivity contribution in [3.05, 3.63) is 48.2 Å². The molecule has 0 unspecified atom stereocenters. The van der Waals surface area contributed by atoms with Crippen molar-refractivity contribution >= 4 is 16.9 Å². The van der Waals surface area contributed by atoms with Gasteiger partial charge in [0.05, 0.1) is 23.4 Å². The van der Waals surface area contributed by atoms with Crippen molar-refractivity contribution in [1.82, 2.24) is 20.1 Å². The van der Waals surface area contributed by atoms with Crippen molar-refractivity contribution in [3.63, 3.8) is 0 Å². The fourth-order valence-corrected chi connectivity index (χ4v) is 2.79. The summed E-state index contributed by atoms with van der Waals surface area (Å²) in [5.74, 6) is 1.49. The fraction of sp³-hybridized carbons (Fsp3) is 0.267. The van der Waals surface area contributed by atoms with Crippen LogP contribution in [0.1, 0.15) is 16.1 Å². The molecule has 4 heterocycles. The molecule has 1 amide bonds. The average molecular weight is 282 g/mol. The summed E-state index contributed by atoms with van der Waals surface area (Å²) in [6, 6.07) is 5.62. The van der Waals surface area contributed by atoms with E-state index in [1.807, 2.05) is 17.0 Å². The Morgan fingerprint density at radius 2 is 2.33 bits per heavy atom. The van der Waals surface area contributed by atoms with E-state index in [1.165, 1.54) is 0 Å². The summed E-state index contributed by atoms with van der Waals surface area (Å²) in [4.78, 5) is 18.5. The van der Waals surface area contributed by atoms with Crippen molar-refractivity contribution < 1.29 is 9.21 Å². The van der Waals surface area contributed by atoms with Crippen molar-refractivity contribution in [2.75, 3.05) is 13.1 Å². The maximum Gasteiger partial charge on any atom is 0.254 e. The first-order valence-electron chi connectivity index (χ1n) is 6.91. The zero-order chi connectivity index (χ0) is 14.2. The number of aromatic nitrogens is 3. The van der Waals surface area contributed by atoms with Crippen LogP contribution in [0.5, 0.6) is 0 Å². The minimum absolute atomic E-state index is 0.0412. The van der Waals surface area contributed by atoms with E-state index in [9.17, 15) is 4.79 Å². The Morgan fingerprint density at radius 1 is 1.43 bits per heavy atom. The molecule has 0 radical (unpaired) electrons. The Morgan fingerprint density at radius 3 is 3.14 bits per heavy atom. The molecule has 0 aliphatic carbocycles. The third-order valence-corrected chi connectivity index (χ3v) is 3.90. The number of nitrogens with zero attached hydrogens (tertiary/aromatic N) is 3. The number of furan rings is 1. The Bertz CT molecular complexity index is 772. The van der Waals surface area contributed by atoms with Crippen LogP contribution in [-0.4, -0.2) is 39.1 Å². The van der Waals surface area contributed by atoms with Gasteiger partial charge in [-0.3, -0.25) is 9.89 Å². The normalized spacial score (nSPS) is 15.3. The molecule has 4 rings (SSSR count). The SMILES string of the molecule is O=C(c1ccnc2[nH]ncc12)N1CC(Cc2ccco2)C1. The van der Waals surface area contributed by atoms with E-state index in [0.29, 0.717) is 17.1 Å². The van der Waals surface area contributed by atoms with Gasteiger partial charge in [-0.2, -0.15) is 5.10 Å². The second kappa shape index (κ2) is 4.73. The summed E-state index contributed by atoms with van der Waals surface area (Å²) in [5, 5.41) is 7.50. The molecule has 0 spiro atoms. The summed E-state index contributed by atoms with van der Waals surface area (Å²) in [7, 11) is 0. The topological polar surface area (TPSA) is 75.0 Å². The number of likely N-dealkylation sites (tertiary alicyclic amines) is 1. The smallest absolute Gasteiger partial charge is 0.254 e. The van der Waals surface area contributed by atoms with Crippen molar-refractivity contribution in [2.45, 2.75) is 6.42 Å². The lowest BCUT2D eigenvalue weighted by Crippen LogP contribution is -2.50. The van der Waals surface area contributed by atoms with Crippen LogP contribution in [0.4, 0.5) is 0 Å². The molecule has 0 bridgehead atoms. The van der Waals surface area contributed by atoms with E-state index < -0.39 is 0 Å². The Labute approximate surface area is 120 Å². The second-order valence-electron chi connectivity index (χ2n) is 5.35. The number of carbonyl (C=O) groups is 1. The van der Waals surface area contributed by atoms with E-state index in [2.05, 4.69) is 15.2 Å². The molecule has 106 valence electrons. The molecule has 1 aliphatic heterocycles. The number of rotatable bonds is 3. The Kier molecular flexibility index (Phi) is 2.73. The van der Waals surface area contributed by atoms with Gasteiger partial charge in [-0.25, -0.2) is 4.98 Å². The lowest BCUT2D eigenvalue weighted by molar-refractivity contribution is 0.0494. The van der Waals surface area contributed by atoms with Gasteiger partial charge in [-0.1, -0.05) is 0 Å².